The van der Waals surface area contributed by atoms with Crippen molar-refractivity contribution in [1.82, 2.24) is 9.88 Å². The number of aromatic nitrogens is 1. The number of hydrogen-bond acceptors (Lipinski definition) is 3. The second-order valence-electron chi connectivity index (χ2n) is 6.13. The molecule has 0 aliphatic carbocycles. The van der Waals surface area contributed by atoms with Crippen LogP contribution < -0.4 is 9.47 Å². The minimum atomic E-state index is 0. The van der Waals surface area contributed by atoms with E-state index in [2.05, 4.69) is 22.0 Å². The Morgan fingerprint density at radius 3 is 3.25 bits per heavy atom. The first-order chi connectivity index (χ1) is 9.90. The molecule has 3 aliphatic rings. The summed E-state index contributed by atoms with van der Waals surface area (Å²) in [5.41, 5.74) is 4.10. The Balaban J connectivity index is 0.00000115. The van der Waals surface area contributed by atoms with Crippen molar-refractivity contribution in [3.63, 3.8) is 0 Å². The first-order valence-corrected chi connectivity index (χ1v) is 7.55. The molecule has 0 radical (unpaired) electrons. The molecule has 106 valence electrons. The van der Waals surface area contributed by atoms with Crippen molar-refractivity contribution in [2.24, 2.45) is 0 Å². The Kier molecular flexibility index (Phi) is 2.16. The van der Waals surface area contributed by atoms with Gasteiger partial charge in [0.05, 0.1) is 5.52 Å². The predicted octanol–water partition coefficient (Wildman–Crippen LogP) is 2.88. The molecular formula is C16H20N2O2. The minimum Gasteiger partial charge on any atom is -0.454 e. The molecule has 20 heavy (non-hydrogen) atoms. The van der Waals surface area contributed by atoms with Crippen LogP contribution in [0.15, 0.2) is 12.1 Å². The lowest BCUT2D eigenvalue weighted by atomic mass is 9.93. The number of fused-ring (bicyclic) bond motifs is 8. The summed E-state index contributed by atoms with van der Waals surface area (Å²) in [4.78, 5) is 6.29. The third-order valence-corrected chi connectivity index (χ3v) is 5.04. The predicted molar refractivity (Wildman–Crippen MR) is 78.7 cm³/mol. The number of aromatic amines is 1. The molecule has 2 bridgehead atoms. The van der Waals surface area contributed by atoms with E-state index in [-0.39, 0.29) is 1.43 Å². The smallest absolute Gasteiger partial charge is 0.231 e. The lowest BCUT2D eigenvalue weighted by Gasteiger charge is -2.29. The lowest BCUT2D eigenvalue weighted by Crippen LogP contribution is -2.33. The summed E-state index contributed by atoms with van der Waals surface area (Å²) in [6.07, 6.45) is 3.76. The van der Waals surface area contributed by atoms with Gasteiger partial charge in [0.15, 0.2) is 11.5 Å². The fourth-order valence-corrected chi connectivity index (χ4v) is 4.09. The van der Waals surface area contributed by atoms with Crippen LogP contribution in [0.4, 0.5) is 0 Å². The summed E-state index contributed by atoms with van der Waals surface area (Å²) in [7, 11) is 0. The summed E-state index contributed by atoms with van der Waals surface area (Å²) >= 11 is 0. The van der Waals surface area contributed by atoms with Crippen LogP contribution in [0.2, 0.25) is 0 Å². The van der Waals surface area contributed by atoms with E-state index in [9.17, 15) is 0 Å². The van der Waals surface area contributed by atoms with E-state index in [1.165, 1.54) is 49.1 Å². The molecule has 3 aliphatic heterocycles. The summed E-state index contributed by atoms with van der Waals surface area (Å²) in [5, 5.41) is 1.33. The van der Waals surface area contributed by atoms with Crippen LogP contribution in [0.1, 0.15) is 31.4 Å². The van der Waals surface area contributed by atoms with Gasteiger partial charge in [-0.25, -0.2) is 0 Å². The van der Waals surface area contributed by atoms with Crippen molar-refractivity contribution >= 4 is 10.9 Å². The van der Waals surface area contributed by atoms with Crippen molar-refractivity contribution in [1.29, 1.82) is 0 Å². The molecule has 2 atom stereocenters. The largest absolute Gasteiger partial charge is 0.454 e. The average molecular weight is 272 g/mol. The fourth-order valence-electron chi connectivity index (χ4n) is 4.09. The molecule has 1 aromatic carbocycles. The van der Waals surface area contributed by atoms with E-state index in [1.807, 2.05) is 0 Å². The summed E-state index contributed by atoms with van der Waals surface area (Å²) < 4.78 is 11.2. The number of hydrogen-bond donors (Lipinski definition) is 1. The third-order valence-electron chi connectivity index (χ3n) is 5.04. The number of piperidine rings is 1. The van der Waals surface area contributed by atoms with E-state index >= 15 is 0 Å². The Morgan fingerprint density at radius 1 is 1.25 bits per heavy atom. The first-order valence-electron chi connectivity index (χ1n) is 7.55. The first kappa shape index (κ1) is 11.0. The van der Waals surface area contributed by atoms with Crippen molar-refractivity contribution in [3.05, 3.63) is 23.4 Å². The maximum absolute atomic E-state index is 5.66. The normalized spacial score (nSPS) is 27.4. The topological polar surface area (TPSA) is 37.5 Å². The molecule has 1 fully saturated rings. The zero-order chi connectivity index (χ0) is 13.1. The molecular weight excluding hydrogens is 252 g/mol. The van der Waals surface area contributed by atoms with E-state index in [1.54, 1.807) is 0 Å². The molecule has 0 amide bonds. The second kappa shape index (κ2) is 3.92. The maximum Gasteiger partial charge on any atom is 0.231 e. The van der Waals surface area contributed by atoms with Crippen molar-refractivity contribution in [2.45, 2.75) is 25.2 Å². The van der Waals surface area contributed by atoms with Crippen LogP contribution in [-0.4, -0.2) is 36.3 Å². The molecule has 2 unspecified atom stereocenters. The number of rotatable bonds is 0. The molecule has 4 heterocycles. The zero-order valence-electron chi connectivity index (χ0n) is 11.4. The Hall–Kier alpha value is -1.68. The molecule has 0 spiro atoms. The molecule has 1 saturated heterocycles. The number of benzene rings is 1. The lowest BCUT2D eigenvalue weighted by molar-refractivity contribution is 0.174. The van der Waals surface area contributed by atoms with Gasteiger partial charge in [-0.1, -0.05) is 0 Å². The molecule has 2 aromatic rings. The molecule has 5 rings (SSSR count). The van der Waals surface area contributed by atoms with Gasteiger partial charge in [-0.2, -0.15) is 0 Å². The quantitative estimate of drug-likeness (QED) is 0.801. The van der Waals surface area contributed by atoms with E-state index < -0.39 is 0 Å². The van der Waals surface area contributed by atoms with Crippen LogP contribution in [0, 0.1) is 0 Å². The third kappa shape index (κ3) is 1.40. The second-order valence-corrected chi connectivity index (χ2v) is 6.13. The van der Waals surface area contributed by atoms with Crippen molar-refractivity contribution in [3.8, 4) is 11.5 Å². The highest BCUT2D eigenvalue weighted by Gasteiger charge is 2.30. The van der Waals surface area contributed by atoms with Crippen LogP contribution in [0.3, 0.4) is 0 Å². The highest BCUT2D eigenvalue weighted by molar-refractivity contribution is 5.92. The number of nitrogens with zero attached hydrogens (tertiary/aromatic N) is 1. The zero-order valence-corrected chi connectivity index (χ0v) is 11.4. The SMILES string of the molecule is [HH].c1cc2c3c([nH]c2c2c1OCO2)C1CCCN(CC3)C1. The van der Waals surface area contributed by atoms with E-state index in [0.29, 0.717) is 12.7 Å². The highest BCUT2D eigenvalue weighted by atomic mass is 16.7. The highest BCUT2D eigenvalue weighted by Crippen LogP contribution is 2.43. The van der Waals surface area contributed by atoms with Gasteiger partial charge in [-0.15, -0.1) is 0 Å². The van der Waals surface area contributed by atoms with Gasteiger partial charge in [0.1, 0.15) is 0 Å². The fraction of sp³-hybridized carbons (Fsp3) is 0.500. The summed E-state index contributed by atoms with van der Waals surface area (Å²) in [6.45, 7) is 4.00. The number of ether oxygens (including phenoxy) is 2. The molecule has 1 N–H and O–H groups in total. The maximum atomic E-state index is 5.66. The molecule has 4 heteroatoms. The van der Waals surface area contributed by atoms with Crippen LogP contribution in [0.25, 0.3) is 10.9 Å². The van der Waals surface area contributed by atoms with E-state index in [4.69, 9.17) is 9.47 Å². The molecule has 0 saturated carbocycles. The van der Waals surface area contributed by atoms with Gasteiger partial charge in [-0.05, 0) is 43.5 Å². The molecule has 1 aromatic heterocycles. The Morgan fingerprint density at radius 2 is 2.25 bits per heavy atom. The Labute approximate surface area is 119 Å². The van der Waals surface area contributed by atoms with Crippen LogP contribution in [-0.2, 0) is 6.42 Å². The standard InChI is InChI=1S/C16H18N2O2.H2/c1-2-10-8-18(6-1)7-5-12-11-3-4-13-16(20-9-19-13)15(11)17-14(10)12;/h3-4,10,17H,1-2,5-9H2;1H. The van der Waals surface area contributed by atoms with Crippen LogP contribution in [0.5, 0.6) is 11.5 Å². The van der Waals surface area contributed by atoms with Gasteiger partial charge in [-0.3, -0.25) is 0 Å². The van der Waals surface area contributed by atoms with E-state index in [0.717, 1.165) is 23.4 Å². The molecule has 4 nitrogen and oxygen atoms in total. The van der Waals surface area contributed by atoms with Gasteiger partial charge in [0.2, 0.25) is 6.79 Å². The van der Waals surface area contributed by atoms with Gasteiger partial charge < -0.3 is 19.4 Å². The summed E-state index contributed by atoms with van der Waals surface area (Å²) in [6, 6.07) is 4.25. The van der Waals surface area contributed by atoms with Crippen molar-refractivity contribution < 1.29 is 10.9 Å². The van der Waals surface area contributed by atoms with Crippen LogP contribution >= 0.6 is 0 Å². The van der Waals surface area contributed by atoms with Gasteiger partial charge in [0.25, 0.3) is 0 Å². The summed E-state index contributed by atoms with van der Waals surface area (Å²) in [5.74, 6) is 2.44. The number of H-pyrrole nitrogens is 1. The van der Waals surface area contributed by atoms with Crippen molar-refractivity contribution in [2.75, 3.05) is 26.4 Å². The average Bonchev–Trinajstić information content (AvgIpc) is 3.06. The minimum absolute atomic E-state index is 0. The van der Waals surface area contributed by atoms with Gasteiger partial charge >= 0.3 is 0 Å². The number of nitrogens with one attached hydrogen (secondary N) is 1. The Bertz CT molecular complexity index is 697. The van der Waals surface area contributed by atoms with Gasteiger partial charge in [0, 0.05) is 31.5 Å². The monoisotopic (exact) mass is 272 g/mol.